The van der Waals surface area contributed by atoms with Crippen molar-refractivity contribution < 1.29 is 4.79 Å². The molecule has 0 saturated carbocycles. The molecule has 0 aliphatic carbocycles. The summed E-state index contributed by atoms with van der Waals surface area (Å²) in [6.45, 7) is 3.98. The molecule has 1 aromatic heterocycles. The second-order valence-corrected chi connectivity index (χ2v) is 5.88. The van der Waals surface area contributed by atoms with Crippen molar-refractivity contribution in [1.29, 1.82) is 5.26 Å². The molecule has 0 radical (unpaired) electrons. The van der Waals surface area contributed by atoms with Crippen LogP contribution in [0.2, 0.25) is 0 Å². The summed E-state index contributed by atoms with van der Waals surface area (Å²) in [5, 5.41) is 9.01. The van der Waals surface area contributed by atoms with Crippen molar-refractivity contribution in [2.75, 3.05) is 13.1 Å². The summed E-state index contributed by atoms with van der Waals surface area (Å²) in [4.78, 5) is 19.0. The molecule has 1 aliphatic heterocycles. The van der Waals surface area contributed by atoms with Crippen molar-refractivity contribution in [3.63, 3.8) is 0 Å². The summed E-state index contributed by atoms with van der Waals surface area (Å²) < 4.78 is 1.90. The maximum absolute atomic E-state index is 12.5. The van der Waals surface area contributed by atoms with Gasteiger partial charge in [-0.25, -0.2) is 4.98 Å². The number of hydrogen-bond donors (Lipinski definition) is 0. The van der Waals surface area contributed by atoms with Crippen molar-refractivity contribution in [2.45, 2.75) is 39.2 Å². The number of likely N-dealkylation sites (tertiary alicyclic amines) is 1. The van der Waals surface area contributed by atoms with Crippen LogP contribution in [0.15, 0.2) is 18.2 Å². The van der Waals surface area contributed by atoms with E-state index in [9.17, 15) is 4.79 Å². The van der Waals surface area contributed by atoms with Gasteiger partial charge < -0.3 is 9.47 Å². The van der Waals surface area contributed by atoms with Gasteiger partial charge in [-0.2, -0.15) is 5.26 Å². The van der Waals surface area contributed by atoms with Gasteiger partial charge in [-0.15, -0.1) is 0 Å². The van der Waals surface area contributed by atoms with E-state index in [1.807, 2.05) is 34.6 Å². The predicted molar refractivity (Wildman–Crippen MR) is 84.2 cm³/mol. The number of hydrogen-bond acceptors (Lipinski definition) is 3. The average molecular weight is 296 g/mol. The molecule has 3 rings (SSSR count). The lowest BCUT2D eigenvalue weighted by atomic mass is 10.1. The van der Waals surface area contributed by atoms with Crippen molar-refractivity contribution in [2.24, 2.45) is 0 Å². The van der Waals surface area contributed by atoms with E-state index in [1.165, 1.54) is 6.42 Å². The zero-order valence-electron chi connectivity index (χ0n) is 12.9. The second-order valence-electron chi connectivity index (χ2n) is 5.88. The van der Waals surface area contributed by atoms with Crippen molar-refractivity contribution in [3.05, 3.63) is 29.6 Å². The first-order chi connectivity index (χ1) is 10.7. The first-order valence-electron chi connectivity index (χ1n) is 7.79. The Kier molecular flexibility index (Phi) is 4.10. The maximum Gasteiger partial charge on any atom is 0.242 e. The van der Waals surface area contributed by atoms with Crippen LogP contribution in [0, 0.1) is 18.3 Å². The minimum atomic E-state index is 0.124. The number of nitriles is 1. The minimum Gasteiger partial charge on any atom is -0.341 e. The molecule has 0 spiro atoms. The van der Waals surface area contributed by atoms with E-state index < -0.39 is 0 Å². The molecule has 0 N–H and O–H groups in total. The summed E-state index contributed by atoms with van der Waals surface area (Å²) in [7, 11) is 0. The molecule has 1 fully saturated rings. The van der Waals surface area contributed by atoms with Gasteiger partial charge in [0.15, 0.2) is 0 Å². The van der Waals surface area contributed by atoms with Gasteiger partial charge in [0.05, 0.1) is 23.5 Å². The number of fused-ring (bicyclic) bond motifs is 1. The van der Waals surface area contributed by atoms with E-state index in [2.05, 4.69) is 11.1 Å². The highest BCUT2D eigenvalue weighted by molar-refractivity contribution is 5.81. The Morgan fingerprint density at radius 3 is 2.82 bits per heavy atom. The van der Waals surface area contributed by atoms with Crippen LogP contribution in [0.25, 0.3) is 11.0 Å². The highest BCUT2D eigenvalue weighted by Gasteiger charge is 2.19. The zero-order chi connectivity index (χ0) is 15.5. The topological polar surface area (TPSA) is 61.9 Å². The third-order valence-electron chi connectivity index (χ3n) is 4.22. The van der Waals surface area contributed by atoms with Crippen LogP contribution >= 0.6 is 0 Å². The maximum atomic E-state index is 12.5. The quantitative estimate of drug-likeness (QED) is 0.874. The van der Waals surface area contributed by atoms with E-state index in [1.54, 1.807) is 0 Å². The molecule has 1 amide bonds. The van der Waals surface area contributed by atoms with Crippen LogP contribution in [0.1, 0.15) is 30.7 Å². The Balaban J connectivity index is 1.92. The molecule has 2 aromatic rings. The summed E-state index contributed by atoms with van der Waals surface area (Å²) in [6, 6.07) is 8.15. The standard InChI is InChI=1S/C17H20N4O/c1-13-5-6-15-14(11-13)19-16(7-8-18)21(15)12-17(22)20-9-3-2-4-10-20/h5-6,11H,2-4,7,9-10,12H2,1H3. The third kappa shape index (κ3) is 2.82. The van der Waals surface area contributed by atoms with E-state index in [0.717, 1.165) is 42.5 Å². The number of carbonyl (C=O) groups is 1. The Bertz CT molecular complexity index is 735. The SMILES string of the molecule is Cc1ccc2c(c1)nc(CC#N)n2CC(=O)N1CCCCC1. The molecule has 0 atom stereocenters. The lowest BCUT2D eigenvalue weighted by molar-refractivity contribution is -0.132. The predicted octanol–water partition coefficient (Wildman–Crippen LogP) is 2.42. The van der Waals surface area contributed by atoms with Crippen molar-refractivity contribution in [3.8, 4) is 6.07 Å². The molecular weight excluding hydrogens is 276 g/mol. The first kappa shape index (κ1) is 14.6. The molecule has 114 valence electrons. The van der Waals surface area contributed by atoms with E-state index in [0.29, 0.717) is 5.82 Å². The molecule has 0 bridgehead atoms. The molecule has 1 aliphatic rings. The van der Waals surface area contributed by atoms with E-state index in [-0.39, 0.29) is 18.9 Å². The lowest BCUT2D eigenvalue weighted by Crippen LogP contribution is -2.38. The number of amides is 1. The van der Waals surface area contributed by atoms with Gasteiger partial charge in [0.25, 0.3) is 0 Å². The number of aryl methyl sites for hydroxylation is 1. The summed E-state index contributed by atoms with van der Waals surface area (Å²) >= 11 is 0. The van der Waals surface area contributed by atoms with Gasteiger partial charge in [0.1, 0.15) is 12.4 Å². The monoisotopic (exact) mass is 296 g/mol. The fourth-order valence-corrected chi connectivity index (χ4v) is 3.05. The number of benzene rings is 1. The molecule has 1 aromatic carbocycles. The van der Waals surface area contributed by atoms with Crippen LogP contribution < -0.4 is 0 Å². The van der Waals surface area contributed by atoms with Crippen LogP contribution in [0.5, 0.6) is 0 Å². The Morgan fingerprint density at radius 2 is 2.09 bits per heavy atom. The Labute approximate surface area is 130 Å². The molecule has 5 nitrogen and oxygen atoms in total. The van der Waals surface area contributed by atoms with Crippen molar-refractivity contribution in [1.82, 2.24) is 14.5 Å². The highest BCUT2D eigenvalue weighted by Crippen LogP contribution is 2.19. The van der Waals surface area contributed by atoms with Crippen LogP contribution in [-0.4, -0.2) is 33.4 Å². The van der Waals surface area contributed by atoms with Crippen LogP contribution in [0.4, 0.5) is 0 Å². The zero-order valence-corrected chi connectivity index (χ0v) is 12.9. The fourth-order valence-electron chi connectivity index (χ4n) is 3.05. The third-order valence-corrected chi connectivity index (χ3v) is 4.22. The van der Waals surface area contributed by atoms with Crippen LogP contribution in [-0.2, 0) is 17.8 Å². The second kappa shape index (κ2) is 6.18. The van der Waals surface area contributed by atoms with Gasteiger partial charge in [-0.1, -0.05) is 6.07 Å². The summed E-state index contributed by atoms with van der Waals surface area (Å²) in [5.74, 6) is 0.798. The molecule has 2 heterocycles. The summed E-state index contributed by atoms with van der Waals surface area (Å²) in [5.41, 5.74) is 2.92. The molecule has 5 heteroatoms. The molecule has 1 saturated heterocycles. The van der Waals surface area contributed by atoms with Crippen molar-refractivity contribution >= 4 is 16.9 Å². The number of piperidine rings is 1. The minimum absolute atomic E-state index is 0.124. The van der Waals surface area contributed by atoms with Gasteiger partial charge in [-0.3, -0.25) is 4.79 Å². The number of rotatable bonds is 3. The van der Waals surface area contributed by atoms with Crippen LogP contribution in [0.3, 0.4) is 0 Å². The van der Waals surface area contributed by atoms with Gasteiger partial charge >= 0.3 is 0 Å². The normalized spacial score (nSPS) is 15.0. The van der Waals surface area contributed by atoms with E-state index in [4.69, 9.17) is 5.26 Å². The number of imidazole rings is 1. The molecule has 0 unspecified atom stereocenters. The van der Waals surface area contributed by atoms with Gasteiger partial charge in [-0.05, 0) is 43.9 Å². The largest absolute Gasteiger partial charge is 0.341 e. The Morgan fingerprint density at radius 1 is 1.32 bits per heavy atom. The molecular formula is C17H20N4O. The van der Waals surface area contributed by atoms with Gasteiger partial charge in [0, 0.05) is 13.1 Å². The fraction of sp³-hybridized carbons (Fsp3) is 0.471. The lowest BCUT2D eigenvalue weighted by Gasteiger charge is -2.27. The first-order valence-corrected chi connectivity index (χ1v) is 7.79. The molecule has 22 heavy (non-hydrogen) atoms. The Hall–Kier alpha value is -2.35. The summed E-state index contributed by atoms with van der Waals surface area (Å²) in [6.07, 6.45) is 3.60. The number of aromatic nitrogens is 2. The highest BCUT2D eigenvalue weighted by atomic mass is 16.2. The van der Waals surface area contributed by atoms with Gasteiger partial charge in [0.2, 0.25) is 5.91 Å². The van der Waals surface area contributed by atoms with E-state index >= 15 is 0 Å². The smallest absolute Gasteiger partial charge is 0.242 e. The number of nitrogens with zero attached hydrogens (tertiary/aromatic N) is 4. The average Bonchev–Trinajstić information content (AvgIpc) is 2.85. The number of carbonyl (C=O) groups excluding carboxylic acids is 1.